The molecule has 106 valence electrons. The Balaban J connectivity index is 1.93. The minimum absolute atomic E-state index is 0.336. The Morgan fingerprint density at radius 2 is 1.95 bits per heavy atom. The Kier molecular flexibility index (Phi) is 3.62. The summed E-state index contributed by atoms with van der Waals surface area (Å²) in [5.74, 6) is -0.336. The van der Waals surface area contributed by atoms with Crippen LogP contribution in [-0.4, -0.2) is 9.78 Å². The van der Waals surface area contributed by atoms with Crippen LogP contribution in [0.15, 0.2) is 54.7 Å². The average Bonchev–Trinajstić information content (AvgIpc) is 2.80. The molecule has 0 aliphatic carbocycles. The first-order chi connectivity index (χ1) is 10.1. The summed E-state index contributed by atoms with van der Waals surface area (Å²) in [6.45, 7) is 0.527. The van der Waals surface area contributed by atoms with Crippen LogP contribution in [-0.2, 0) is 6.54 Å². The van der Waals surface area contributed by atoms with Gasteiger partial charge < -0.3 is 5.73 Å². The van der Waals surface area contributed by atoms with Gasteiger partial charge in [0.2, 0.25) is 0 Å². The van der Waals surface area contributed by atoms with E-state index in [4.69, 9.17) is 17.3 Å². The first-order valence-corrected chi connectivity index (χ1v) is 6.83. The van der Waals surface area contributed by atoms with E-state index in [2.05, 4.69) is 5.10 Å². The van der Waals surface area contributed by atoms with E-state index in [1.807, 2.05) is 24.3 Å². The van der Waals surface area contributed by atoms with Crippen molar-refractivity contribution in [3.8, 4) is 11.3 Å². The third-order valence-electron chi connectivity index (χ3n) is 3.15. The van der Waals surface area contributed by atoms with Gasteiger partial charge in [-0.25, -0.2) is 4.39 Å². The Labute approximate surface area is 126 Å². The molecule has 21 heavy (non-hydrogen) atoms. The van der Waals surface area contributed by atoms with Crippen molar-refractivity contribution in [3.05, 3.63) is 71.1 Å². The second-order valence-corrected chi connectivity index (χ2v) is 5.18. The first-order valence-electron chi connectivity index (χ1n) is 6.46. The fourth-order valence-corrected chi connectivity index (χ4v) is 2.42. The highest BCUT2D eigenvalue weighted by atomic mass is 35.5. The quantitative estimate of drug-likeness (QED) is 0.795. The molecule has 0 radical (unpaired) electrons. The predicted octanol–water partition coefficient (Wildman–Crippen LogP) is 3.97. The van der Waals surface area contributed by atoms with Gasteiger partial charge in [-0.2, -0.15) is 5.10 Å². The Bertz CT molecular complexity index is 783. The van der Waals surface area contributed by atoms with E-state index >= 15 is 0 Å². The summed E-state index contributed by atoms with van der Waals surface area (Å²) in [6.07, 6.45) is 1.70. The lowest BCUT2D eigenvalue weighted by atomic mass is 10.1. The van der Waals surface area contributed by atoms with Crippen LogP contribution in [0.5, 0.6) is 0 Å². The number of nitrogen functional groups attached to an aromatic ring is 1. The van der Waals surface area contributed by atoms with E-state index < -0.39 is 0 Å². The molecular weight excluding hydrogens is 289 g/mol. The van der Waals surface area contributed by atoms with Crippen LogP contribution in [0.25, 0.3) is 11.3 Å². The highest BCUT2D eigenvalue weighted by molar-refractivity contribution is 6.30. The van der Waals surface area contributed by atoms with Gasteiger partial charge in [0.1, 0.15) is 11.5 Å². The molecule has 0 bridgehead atoms. The van der Waals surface area contributed by atoms with E-state index in [-0.39, 0.29) is 5.82 Å². The highest BCUT2D eigenvalue weighted by Gasteiger charge is 2.12. The van der Waals surface area contributed by atoms with Crippen LogP contribution in [0.2, 0.25) is 5.02 Å². The molecule has 3 nitrogen and oxygen atoms in total. The van der Waals surface area contributed by atoms with Gasteiger partial charge in [0.05, 0.1) is 12.2 Å². The molecule has 0 saturated heterocycles. The number of aromatic nitrogens is 2. The summed E-state index contributed by atoms with van der Waals surface area (Å²) in [5.41, 5.74) is 8.26. The average molecular weight is 302 g/mol. The van der Waals surface area contributed by atoms with Crippen LogP contribution in [0.3, 0.4) is 0 Å². The third kappa shape index (κ3) is 2.90. The zero-order chi connectivity index (χ0) is 14.8. The van der Waals surface area contributed by atoms with Gasteiger partial charge >= 0.3 is 0 Å². The number of hydrogen-bond acceptors (Lipinski definition) is 2. The van der Waals surface area contributed by atoms with Gasteiger partial charge in [-0.3, -0.25) is 4.68 Å². The van der Waals surface area contributed by atoms with Gasteiger partial charge in [0.25, 0.3) is 0 Å². The van der Waals surface area contributed by atoms with Crippen molar-refractivity contribution >= 4 is 17.3 Å². The smallest absolute Gasteiger partial charge is 0.132 e. The van der Waals surface area contributed by atoms with Crippen molar-refractivity contribution in [2.24, 2.45) is 0 Å². The van der Waals surface area contributed by atoms with Crippen LogP contribution in [0, 0.1) is 5.82 Å². The lowest BCUT2D eigenvalue weighted by Crippen LogP contribution is -2.00. The maximum absolute atomic E-state index is 13.8. The fraction of sp³-hybridized carbons (Fsp3) is 0.0625. The van der Waals surface area contributed by atoms with Crippen LogP contribution < -0.4 is 5.73 Å². The van der Waals surface area contributed by atoms with Crippen molar-refractivity contribution in [3.63, 3.8) is 0 Å². The molecule has 1 aromatic heterocycles. The molecule has 5 heteroatoms. The van der Waals surface area contributed by atoms with E-state index in [1.165, 1.54) is 6.07 Å². The zero-order valence-electron chi connectivity index (χ0n) is 11.1. The second-order valence-electron chi connectivity index (χ2n) is 4.74. The number of hydrogen-bond donors (Lipinski definition) is 1. The standard InChI is InChI=1S/C16H13ClFN3/c17-12-5-3-4-11(8-12)9-21-10-15(19)16(20-21)13-6-1-2-7-14(13)18/h1-8,10H,9,19H2. The molecule has 0 fully saturated rings. The molecule has 2 aromatic carbocycles. The molecular formula is C16H13ClFN3. The van der Waals surface area contributed by atoms with Crippen molar-refractivity contribution in [1.29, 1.82) is 0 Å². The van der Waals surface area contributed by atoms with Crippen molar-refractivity contribution in [2.45, 2.75) is 6.54 Å². The first kappa shape index (κ1) is 13.6. The van der Waals surface area contributed by atoms with E-state index in [1.54, 1.807) is 29.1 Å². The summed E-state index contributed by atoms with van der Waals surface area (Å²) in [4.78, 5) is 0. The number of anilines is 1. The Morgan fingerprint density at radius 3 is 2.71 bits per heavy atom. The normalized spacial score (nSPS) is 10.8. The monoisotopic (exact) mass is 301 g/mol. The SMILES string of the molecule is Nc1cn(Cc2cccc(Cl)c2)nc1-c1ccccc1F. The van der Waals surface area contributed by atoms with E-state index in [0.717, 1.165) is 5.56 Å². The van der Waals surface area contributed by atoms with Crippen molar-refractivity contribution < 1.29 is 4.39 Å². The summed E-state index contributed by atoms with van der Waals surface area (Å²) >= 11 is 5.96. The lowest BCUT2D eigenvalue weighted by molar-refractivity contribution is 0.629. The molecule has 1 heterocycles. The molecule has 0 saturated carbocycles. The van der Waals surface area contributed by atoms with E-state index in [0.29, 0.717) is 28.5 Å². The minimum atomic E-state index is -0.336. The Morgan fingerprint density at radius 1 is 1.14 bits per heavy atom. The van der Waals surface area contributed by atoms with Crippen LogP contribution in [0.4, 0.5) is 10.1 Å². The largest absolute Gasteiger partial charge is 0.396 e. The number of nitrogens with two attached hydrogens (primary N) is 1. The summed E-state index contributed by atoms with van der Waals surface area (Å²) < 4.78 is 15.5. The summed E-state index contributed by atoms with van der Waals surface area (Å²) in [5, 5.41) is 5.04. The van der Waals surface area contributed by atoms with Crippen molar-refractivity contribution in [1.82, 2.24) is 9.78 Å². The van der Waals surface area contributed by atoms with Gasteiger partial charge in [-0.1, -0.05) is 35.9 Å². The molecule has 3 aromatic rings. The maximum atomic E-state index is 13.8. The van der Waals surface area contributed by atoms with Crippen LogP contribution in [0.1, 0.15) is 5.56 Å². The summed E-state index contributed by atoms with van der Waals surface area (Å²) in [6, 6.07) is 14.0. The molecule has 0 atom stereocenters. The van der Waals surface area contributed by atoms with Gasteiger partial charge in [0, 0.05) is 16.8 Å². The highest BCUT2D eigenvalue weighted by Crippen LogP contribution is 2.26. The molecule has 0 amide bonds. The molecule has 3 rings (SSSR count). The van der Waals surface area contributed by atoms with Gasteiger partial charge in [-0.15, -0.1) is 0 Å². The second kappa shape index (κ2) is 5.58. The lowest BCUT2D eigenvalue weighted by Gasteiger charge is -2.02. The molecule has 2 N–H and O–H groups in total. The van der Waals surface area contributed by atoms with Crippen LogP contribution >= 0.6 is 11.6 Å². The minimum Gasteiger partial charge on any atom is -0.396 e. The van der Waals surface area contributed by atoms with Gasteiger partial charge in [-0.05, 0) is 29.8 Å². The molecule has 0 aliphatic heterocycles. The number of halogens is 2. The molecule has 0 aliphatic rings. The predicted molar refractivity (Wildman–Crippen MR) is 82.6 cm³/mol. The van der Waals surface area contributed by atoms with E-state index in [9.17, 15) is 4.39 Å². The number of nitrogens with zero attached hydrogens (tertiary/aromatic N) is 2. The number of benzene rings is 2. The maximum Gasteiger partial charge on any atom is 0.132 e. The summed E-state index contributed by atoms with van der Waals surface area (Å²) in [7, 11) is 0. The zero-order valence-corrected chi connectivity index (χ0v) is 11.9. The molecule has 0 unspecified atom stereocenters. The van der Waals surface area contributed by atoms with Gasteiger partial charge in [0.15, 0.2) is 0 Å². The number of rotatable bonds is 3. The fourth-order valence-electron chi connectivity index (χ4n) is 2.20. The Hall–Kier alpha value is -2.33. The third-order valence-corrected chi connectivity index (χ3v) is 3.39. The topological polar surface area (TPSA) is 43.8 Å². The van der Waals surface area contributed by atoms with Crippen molar-refractivity contribution in [2.75, 3.05) is 5.73 Å². The molecule has 0 spiro atoms.